The predicted molar refractivity (Wildman–Crippen MR) is 134 cm³/mol. The van der Waals surface area contributed by atoms with Crippen molar-refractivity contribution in [2.45, 2.75) is 45.7 Å². The summed E-state index contributed by atoms with van der Waals surface area (Å²) >= 11 is 0. The van der Waals surface area contributed by atoms with Crippen LogP contribution in [0, 0.1) is 5.82 Å². The van der Waals surface area contributed by atoms with E-state index in [0.717, 1.165) is 12.7 Å². The second-order valence-corrected chi connectivity index (χ2v) is 10.1. The van der Waals surface area contributed by atoms with E-state index in [4.69, 9.17) is 4.74 Å². The molecule has 0 aliphatic heterocycles. The van der Waals surface area contributed by atoms with E-state index in [0.29, 0.717) is 23.5 Å². The van der Waals surface area contributed by atoms with Gasteiger partial charge >= 0.3 is 0 Å². The lowest BCUT2D eigenvalue weighted by Gasteiger charge is -2.29. The van der Waals surface area contributed by atoms with Crippen LogP contribution in [0.5, 0.6) is 5.75 Å². The smallest absolute Gasteiger partial charge is 0.242 e. The molecule has 2 aromatic carbocycles. The molecule has 0 aliphatic carbocycles. The zero-order valence-corrected chi connectivity index (χ0v) is 21.5. The molecule has 0 radical (unpaired) electrons. The number of anilines is 1. The van der Waals surface area contributed by atoms with Crippen LogP contribution in [0.3, 0.4) is 0 Å². The highest BCUT2D eigenvalue weighted by molar-refractivity contribution is 7.92. The molecule has 1 unspecified atom stereocenters. The molecule has 0 saturated heterocycles. The number of halogens is 1. The largest absolute Gasteiger partial charge is 0.497 e. The van der Waals surface area contributed by atoms with E-state index in [1.807, 2.05) is 6.92 Å². The molecule has 8 nitrogen and oxygen atoms in total. The van der Waals surface area contributed by atoms with Crippen molar-refractivity contribution in [3.8, 4) is 5.75 Å². The average Bonchev–Trinajstić information content (AvgIpc) is 2.83. The van der Waals surface area contributed by atoms with E-state index in [9.17, 15) is 22.4 Å². The molecule has 1 atom stereocenters. The summed E-state index contributed by atoms with van der Waals surface area (Å²) in [5.41, 5.74) is 0.753. The maximum absolute atomic E-state index is 14.3. The summed E-state index contributed by atoms with van der Waals surface area (Å²) in [5, 5.41) is 2.77. The quantitative estimate of drug-likeness (QED) is 0.449. The Kier molecular flexibility index (Phi) is 10.5. The first-order valence-electron chi connectivity index (χ1n) is 11.5. The number of carbonyl (C=O) groups excluding carboxylic acids is 2. The summed E-state index contributed by atoms with van der Waals surface area (Å²) < 4.78 is 45.4. The lowest BCUT2D eigenvalue weighted by Crippen LogP contribution is -2.48. The highest BCUT2D eigenvalue weighted by atomic mass is 32.2. The van der Waals surface area contributed by atoms with Crippen LogP contribution in [0.15, 0.2) is 48.5 Å². The number of hydrogen-bond donors (Lipinski definition) is 1. The minimum atomic E-state index is -3.60. The van der Waals surface area contributed by atoms with Crippen molar-refractivity contribution < 1.29 is 27.1 Å². The summed E-state index contributed by atoms with van der Waals surface area (Å²) in [6.45, 7) is 3.99. The Balaban J connectivity index is 2.16. The van der Waals surface area contributed by atoms with Crippen molar-refractivity contribution >= 4 is 27.5 Å². The molecule has 192 valence electrons. The van der Waals surface area contributed by atoms with Gasteiger partial charge < -0.3 is 15.0 Å². The highest BCUT2D eigenvalue weighted by Gasteiger charge is 2.27. The third-order valence-corrected chi connectivity index (χ3v) is 6.72. The molecule has 0 aliphatic rings. The second-order valence-electron chi connectivity index (χ2n) is 8.22. The molecular formula is C25H34FN3O5S. The lowest BCUT2D eigenvalue weighted by molar-refractivity contribution is -0.140. The van der Waals surface area contributed by atoms with Crippen molar-refractivity contribution in [3.05, 3.63) is 59.9 Å². The third kappa shape index (κ3) is 8.24. The molecule has 2 amide bonds. The van der Waals surface area contributed by atoms with E-state index in [1.165, 1.54) is 22.4 Å². The monoisotopic (exact) mass is 507 g/mol. The first-order valence-corrected chi connectivity index (χ1v) is 13.4. The standard InChI is InChI=1S/C25H34FN3O5S/c1-5-16-27-25(31)19(2)28(18-20-9-6-7-10-23(20)26)24(30)11-8-17-29(35(4,32)33)21-12-14-22(34-3)15-13-21/h6-7,9-10,12-15,19H,5,8,11,16-18H2,1-4H3,(H,27,31). The Bertz CT molecular complexity index is 1090. The zero-order chi connectivity index (χ0) is 26.0. The summed E-state index contributed by atoms with van der Waals surface area (Å²) in [4.78, 5) is 27.1. The number of amides is 2. The fraction of sp³-hybridized carbons (Fsp3) is 0.440. The molecule has 1 N–H and O–H groups in total. The minimum absolute atomic E-state index is 0.0119. The number of methoxy groups -OCH3 is 1. The minimum Gasteiger partial charge on any atom is -0.497 e. The molecule has 0 saturated carbocycles. The van der Waals surface area contributed by atoms with Gasteiger partial charge in [0.1, 0.15) is 17.6 Å². The number of benzene rings is 2. The summed E-state index contributed by atoms with van der Waals surface area (Å²) in [5.74, 6) is -0.561. The molecule has 0 fully saturated rings. The van der Waals surface area contributed by atoms with Crippen LogP contribution in [-0.4, -0.2) is 57.6 Å². The maximum atomic E-state index is 14.3. The maximum Gasteiger partial charge on any atom is 0.242 e. The SMILES string of the molecule is CCCNC(=O)C(C)N(Cc1ccccc1F)C(=O)CCCN(c1ccc(OC)cc1)S(C)(=O)=O. The molecular weight excluding hydrogens is 473 g/mol. The van der Waals surface area contributed by atoms with Crippen LogP contribution >= 0.6 is 0 Å². The van der Waals surface area contributed by atoms with Crippen LogP contribution in [0.4, 0.5) is 10.1 Å². The van der Waals surface area contributed by atoms with Crippen LogP contribution in [-0.2, 0) is 26.2 Å². The number of nitrogens with one attached hydrogen (secondary N) is 1. The predicted octanol–water partition coefficient (Wildman–Crippen LogP) is 3.32. The van der Waals surface area contributed by atoms with Crippen molar-refractivity contribution in [2.75, 3.05) is 30.8 Å². The van der Waals surface area contributed by atoms with Crippen molar-refractivity contribution in [1.29, 1.82) is 0 Å². The zero-order valence-electron chi connectivity index (χ0n) is 20.7. The van der Waals surface area contributed by atoms with Gasteiger partial charge in [-0.3, -0.25) is 13.9 Å². The molecule has 0 aromatic heterocycles. The van der Waals surface area contributed by atoms with E-state index >= 15 is 0 Å². The fourth-order valence-electron chi connectivity index (χ4n) is 3.54. The first kappa shape index (κ1) is 28.1. The third-order valence-electron chi connectivity index (χ3n) is 5.53. The topological polar surface area (TPSA) is 96.0 Å². The van der Waals surface area contributed by atoms with Crippen molar-refractivity contribution in [2.24, 2.45) is 0 Å². The van der Waals surface area contributed by atoms with Gasteiger partial charge in [0.05, 0.1) is 19.1 Å². The Morgan fingerprint density at radius 3 is 2.34 bits per heavy atom. The van der Waals surface area contributed by atoms with Gasteiger partial charge in [-0.2, -0.15) is 0 Å². The van der Waals surface area contributed by atoms with Gasteiger partial charge in [0.15, 0.2) is 0 Å². The van der Waals surface area contributed by atoms with Crippen LogP contribution in [0.25, 0.3) is 0 Å². The fourth-order valence-corrected chi connectivity index (χ4v) is 4.51. The number of carbonyl (C=O) groups is 2. The number of nitrogens with zero attached hydrogens (tertiary/aromatic N) is 2. The normalized spacial score (nSPS) is 12.0. The highest BCUT2D eigenvalue weighted by Crippen LogP contribution is 2.22. The van der Waals surface area contributed by atoms with Crippen LogP contribution < -0.4 is 14.4 Å². The van der Waals surface area contributed by atoms with E-state index < -0.39 is 21.9 Å². The molecule has 2 aromatic rings. The van der Waals surface area contributed by atoms with Gasteiger partial charge in [0.25, 0.3) is 0 Å². The Morgan fingerprint density at radius 1 is 1.11 bits per heavy atom. The molecule has 0 bridgehead atoms. The molecule has 2 rings (SSSR count). The molecule has 0 heterocycles. The summed E-state index contributed by atoms with van der Waals surface area (Å²) in [6, 6.07) is 11.9. The van der Waals surface area contributed by atoms with Gasteiger partial charge in [-0.05, 0) is 50.1 Å². The number of rotatable bonds is 13. The van der Waals surface area contributed by atoms with Crippen LogP contribution in [0.2, 0.25) is 0 Å². The van der Waals surface area contributed by atoms with E-state index in [-0.39, 0.29) is 37.7 Å². The Hall–Kier alpha value is -3.14. The number of sulfonamides is 1. The second kappa shape index (κ2) is 13.1. The van der Waals surface area contributed by atoms with Crippen LogP contribution in [0.1, 0.15) is 38.7 Å². The molecule has 0 spiro atoms. The lowest BCUT2D eigenvalue weighted by atomic mass is 10.1. The van der Waals surface area contributed by atoms with Gasteiger partial charge in [-0.25, -0.2) is 12.8 Å². The number of hydrogen-bond acceptors (Lipinski definition) is 5. The van der Waals surface area contributed by atoms with E-state index in [2.05, 4.69) is 5.32 Å². The van der Waals surface area contributed by atoms with Crippen molar-refractivity contribution in [1.82, 2.24) is 10.2 Å². The summed E-state index contributed by atoms with van der Waals surface area (Å²) in [7, 11) is -2.08. The average molecular weight is 508 g/mol. The Morgan fingerprint density at radius 2 is 1.77 bits per heavy atom. The van der Waals surface area contributed by atoms with Crippen molar-refractivity contribution in [3.63, 3.8) is 0 Å². The van der Waals surface area contributed by atoms with Gasteiger partial charge in [0.2, 0.25) is 21.8 Å². The van der Waals surface area contributed by atoms with E-state index in [1.54, 1.807) is 49.4 Å². The Labute approximate surface area is 207 Å². The number of ether oxygens (including phenoxy) is 1. The van der Waals surface area contributed by atoms with Gasteiger partial charge in [-0.15, -0.1) is 0 Å². The van der Waals surface area contributed by atoms with Gasteiger partial charge in [-0.1, -0.05) is 25.1 Å². The summed E-state index contributed by atoms with van der Waals surface area (Å²) in [6.07, 6.45) is 2.05. The molecule has 35 heavy (non-hydrogen) atoms. The molecule has 10 heteroatoms. The first-order chi connectivity index (χ1) is 16.6. The van der Waals surface area contributed by atoms with Gasteiger partial charge in [0, 0.05) is 31.6 Å².